The molecule has 0 aliphatic carbocycles. The van der Waals surface area contributed by atoms with Crippen LogP contribution in [0.1, 0.15) is 26.2 Å². The summed E-state index contributed by atoms with van der Waals surface area (Å²) in [5.74, 6) is -0.202. The molecule has 16 heavy (non-hydrogen) atoms. The Balaban J connectivity index is 3.79. The predicted molar refractivity (Wildman–Crippen MR) is 57.6 cm³/mol. The fraction of sp³-hybridized carbons (Fsp3) is 0.900. The van der Waals surface area contributed by atoms with Gasteiger partial charge in [0, 0.05) is 13.0 Å². The molecule has 0 aliphatic rings. The molecule has 0 fully saturated rings. The van der Waals surface area contributed by atoms with E-state index in [9.17, 15) is 15.0 Å². The zero-order valence-corrected chi connectivity index (χ0v) is 9.46. The summed E-state index contributed by atoms with van der Waals surface area (Å²) in [4.78, 5) is 11.2. The van der Waals surface area contributed by atoms with E-state index in [4.69, 9.17) is 10.2 Å². The fourth-order valence-corrected chi connectivity index (χ4v) is 1.13. The number of aliphatic hydroxyl groups excluding tert-OH is 4. The van der Waals surface area contributed by atoms with Gasteiger partial charge in [-0.05, 0) is 6.42 Å². The van der Waals surface area contributed by atoms with Crippen molar-refractivity contribution in [1.29, 1.82) is 0 Å². The zero-order valence-electron chi connectivity index (χ0n) is 9.46. The van der Waals surface area contributed by atoms with Crippen molar-refractivity contribution in [1.82, 2.24) is 5.32 Å². The molecule has 0 saturated heterocycles. The van der Waals surface area contributed by atoms with E-state index in [2.05, 4.69) is 5.32 Å². The summed E-state index contributed by atoms with van der Waals surface area (Å²) < 4.78 is 0. The lowest BCUT2D eigenvalue weighted by molar-refractivity contribution is -0.123. The number of carbonyl (C=O) groups excluding carboxylic acids is 1. The Labute approximate surface area is 94.9 Å². The van der Waals surface area contributed by atoms with Gasteiger partial charge in [0.1, 0.15) is 12.2 Å². The van der Waals surface area contributed by atoms with Gasteiger partial charge in [0.15, 0.2) is 0 Å². The third-order valence-electron chi connectivity index (χ3n) is 2.24. The van der Waals surface area contributed by atoms with Gasteiger partial charge in [0.25, 0.3) is 0 Å². The highest BCUT2D eigenvalue weighted by Gasteiger charge is 2.24. The van der Waals surface area contributed by atoms with Crippen molar-refractivity contribution in [2.75, 3.05) is 13.2 Å². The molecule has 3 atom stereocenters. The molecule has 0 spiro atoms. The third-order valence-corrected chi connectivity index (χ3v) is 2.24. The quantitative estimate of drug-likeness (QED) is 0.347. The predicted octanol–water partition coefficient (Wildman–Crippen LogP) is -1.63. The monoisotopic (exact) mass is 235 g/mol. The summed E-state index contributed by atoms with van der Waals surface area (Å²) in [5.41, 5.74) is 0. The molecule has 0 saturated carbocycles. The van der Waals surface area contributed by atoms with E-state index in [1.165, 1.54) is 0 Å². The number of amides is 1. The number of aliphatic hydroxyl groups is 4. The van der Waals surface area contributed by atoms with Crippen LogP contribution in [0.15, 0.2) is 0 Å². The lowest BCUT2D eigenvalue weighted by Gasteiger charge is -2.21. The van der Waals surface area contributed by atoms with Crippen molar-refractivity contribution < 1.29 is 25.2 Å². The van der Waals surface area contributed by atoms with Gasteiger partial charge in [0.2, 0.25) is 5.91 Å². The van der Waals surface area contributed by atoms with Crippen LogP contribution in [0.4, 0.5) is 0 Å². The first-order valence-electron chi connectivity index (χ1n) is 5.44. The molecule has 0 bridgehead atoms. The first kappa shape index (κ1) is 15.3. The van der Waals surface area contributed by atoms with Crippen molar-refractivity contribution in [3.8, 4) is 0 Å². The maximum absolute atomic E-state index is 11.2. The fourth-order valence-electron chi connectivity index (χ4n) is 1.13. The van der Waals surface area contributed by atoms with E-state index >= 15 is 0 Å². The van der Waals surface area contributed by atoms with Crippen LogP contribution in [-0.2, 0) is 4.79 Å². The molecule has 0 aromatic rings. The van der Waals surface area contributed by atoms with Gasteiger partial charge < -0.3 is 25.7 Å². The summed E-state index contributed by atoms with van der Waals surface area (Å²) in [7, 11) is 0. The topological polar surface area (TPSA) is 110 Å². The van der Waals surface area contributed by atoms with Crippen molar-refractivity contribution in [2.24, 2.45) is 0 Å². The van der Waals surface area contributed by atoms with Crippen LogP contribution in [0.5, 0.6) is 0 Å². The number of unbranched alkanes of at least 4 members (excludes halogenated alkanes) is 1. The van der Waals surface area contributed by atoms with Gasteiger partial charge >= 0.3 is 0 Å². The number of nitrogens with one attached hydrogen (secondary N) is 1. The molecule has 0 rings (SSSR count). The minimum absolute atomic E-state index is 0.138. The molecule has 5 N–H and O–H groups in total. The van der Waals surface area contributed by atoms with E-state index in [0.29, 0.717) is 6.42 Å². The first-order valence-corrected chi connectivity index (χ1v) is 5.44. The highest BCUT2D eigenvalue weighted by Crippen LogP contribution is 1.99. The summed E-state index contributed by atoms with van der Waals surface area (Å²) in [6.07, 6.45) is -2.10. The summed E-state index contributed by atoms with van der Waals surface area (Å²) in [6.45, 7) is 1.19. The maximum atomic E-state index is 11.2. The van der Waals surface area contributed by atoms with Crippen LogP contribution in [0.25, 0.3) is 0 Å². The number of hydrogen-bond donors (Lipinski definition) is 5. The average Bonchev–Trinajstić information content (AvgIpc) is 2.31. The average molecular weight is 235 g/mol. The number of carbonyl (C=O) groups is 1. The first-order chi connectivity index (χ1) is 7.52. The number of hydrogen-bond acceptors (Lipinski definition) is 5. The normalized spacial score (nSPS) is 16.6. The molecule has 6 heteroatoms. The van der Waals surface area contributed by atoms with Crippen LogP contribution in [0, 0.1) is 0 Å². The van der Waals surface area contributed by atoms with E-state index < -0.39 is 24.9 Å². The third kappa shape index (κ3) is 6.02. The van der Waals surface area contributed by atoms with Crippen molar-refractivity contribution >= 4 is 5.91 Å². The van der Waals surface area contributed by atoms with Crippen LogP contribution < -0.4 is 5.32 Å². The molecular formula is C10H21NO5. The number of rotatable bonds is 8. The Kier molecular flexibility index (Phi) is 8.10. The molecule has 0 radical (unpaired) electrons. The van der Waals surface area contributed by atoms with Crippen LogP contribution in [-0.4, -0.2) is 57.8 Å². The van der Waals surface area contributed by atoms with E-state index in [1.54, 1.807) is 0 Å². The van der Waals surface area contributed by atoms with E-state index in [-0.39, 0.29) is 12.5 Å². The minimum Gasteiger partial charge on any atom is -0.394 e. The van der Waals surface area contributed by atoms with Gasteiger partial charge in [-0.3, -0.25) is 4.79 Å². The Morgan fingerprint density at radius 3 is 2.38 bits per heavy atom. The molecule has 3 unspecified atom stereocenters. The Morgan fingerprint density at radius 2 is 1.88 bits per heavy atom. The Morgan fingerprint density at radius 1 is 1.25 bits per heavy atom. The van der Waals surface area contributed by atoms with Gasteiger partial charge in [0.05, 0.1) is 12.7 Å². The molecule has 0 aromatic heterocycles. The van der Waals surface area contributed by atoms with Gasteiger partial charge in [-0.25, -0.2) is 0 Å². The second kappa shape index (κ2) is 8.46. The second-order valence-electron chi connectivity index (χ2n) is 3.72. The Hall–Kier alpha value is -0.690. The second-order valence-corrected chi connectivity index (χ2v) is 3.72. The summed E-state index contributed by atoms with van der Waals surface area (Å²) >= 11 is 0. The highest BCUT2D eigenvalue weighted by atomic mass is 16.4. The molecule has 96 valence electrons. The van der Waals surface area contributed by atoms with Gasteiger partial charge in [-0.2, -0.15) is 0 Å². The largest absolute Gasteiger partial charge is 0.394 e. The molecular weight excluding hydrogens is 214 g/mol. The molecule has 6 nitrogen and oxygen atoms in total. The van der Waals surface area contributed by atoms with Gasteiger partial charge in [-0.1, -0.05) is 13.3 Å². The van der Waals surface area contributed by atoms with Crippen LogP contribution >= 0.6 is 0 Å². The zero-order chi connectivity index (χ0) is 12.6. The SMILES string of the molecule is CCCCC(=O)NCC(O)C(O)C(O)CO. The van der Waals surface area contributed by atoms with Crippen LogP contribution in [0.3, 0.4) is 0 Å². The van der Waals surface area contributed by atoms with Gasteiger partial charge in [-0.15, -0.1) is 0 Å². The molecule has 0 aromatic carbocycles. The van der Waals surface area contributed by atoms with Crippen molar-refractivity contribution in [3.05, 3.63) is 0 Å². The van der Waals surface area contributed by atoms with E-state index in [1.807, 2.05) is 6.92 Å². The summed E-state index contributed by atoms with van der Waals surface area (Å²) in [5, 5.41) is 38.6. The molecule has 0 aliphatic heterocycles. The maximum Gasteiger partial charge on any atom is 0.220 e. The molecule has 0 heterocycles. The smallest absolute Gasteiger partial charge is 0.220 e. The van der Waals surface area contributed by atoms with Crippen LogP contribution in [0.2, 0.25) is 0 Å². The lowest BCUT2D eigenvalue weighted by Crippen LogP contribution is -2.45. The minimum atomic E-state index is -1.46. The summed E-state index contributed by atoms with van der Waals surface area (Å²) in [6, 6.07) is 0. The van der Waals surface area contributed by atoms with E-state index in [0.717, 1.165) is 12.8 Å². The van der Waals surface area contributed by atoms with Crippen molar-refractivity contribution in [3.63, 3.8) is 0 Å². The Bertz CT molecular complexity index is 200. The van der Waals surface area contributed by atoms with Crippen molar-refractivity contribution in [2.45, 2.75) is 44.5 Å². The lowest BCUT2D eigenvalue weighted by atomic mass is 10.1. The highest BCUT2D eigenvalue weighted by molar-refractivity contribution is 5.75. The molecule has 1 amide bonds. The standard InChI is InChI=1S/C10H21NO5/c1-2-3-4-9(15)11-5-7(13)10(16)8(14)6-12/h7-8,10,12-14,16H,2-6H2,1H3,(H,11,15).